The van der Waals surface area contributed by atoms with Crippen LogP contribution in [-0.2, 0) is 6.54 Å². The summed E-state index contributed by atoms with van der Waals surface area (Å²) in [6.07, 6.45) is 3.41. The largest absolute Gasteiger partial charge is 0.329 e. The van der Waals surface area contributed by atoms with Crippen LogP contribution in [0.15, 0.2) is 42.7 Å². The van der Waals surface area contributed by atoms with Crippen molar-refractivity contribution in [2.75, 3.05) is 13.6 Å². The highest BCUT2D eigenvalue weighted by atomic mass is 19.1. The Hall–Kier alpha value is -1.85. The van der Waals surface area contributed by atoms with Crippen LogP contribution in [0.1, 0.15) is 17.2 Å². The van der Waals surface area contributed by atoms with E-state index in [1.165, 1.54) is 12.1 Å². The van der Waals surface area contributed by atoms with Gasteiger partial charge in [0.25, 0.3) is 0 Å². The van der Waals surface area contributed by atoms with Gasteiger partial charge in [-0.15, -0.1) is 0 Å². The molecule has 0 saturated carbocycles. The predicted octanol–water partition coefficient (Wildman–Crippen LogP) is 2.49. The van der Waals surface area contributed by atoms with E-state index in [9.17, 15) is 8.78 Å². The van der Waals surface area contributed by atoms with Crippen molar-refractivity contribution >= 4 is 0 Å². The van der Waals surface area contributed by atoms with Gasteiger partial charge < -0.3 is 5.73 Å². The van der Waals surface area contributed by atoms with Gasteiger partial charge in [-0.05, 0) is 30.8 Å². The number of aromatic nitrogens is 1. The van der Waals surface area contributed by atoms with Crippen LogP contribution >= 0.6 is 0 Å². The summed E-state index contributed by atoms with van der Waals surface area (Å²) in [4.78, 5) is 5.89. The maximum absolute atomic E-state index is 13.9. The van der Waals surface area contributed by atoms with E-state index in [2.05, 4.69) is 4.98 Å². The van der Waals surface area contributed by atoms with Crippen LogP contribution in [0.25, 0.3) is 0 Å². The fourth-order valence-electron chi connectivity index (χ4n) is 2.20. The Balaban J connectivity index is 2.19. The average molecular weight is 277 g/mol. The van der Waals surface area contributed by atoms with Crippen LogP contribution < -0.4 is 5.73 Å². The summed E-state index contributed by atoms with van der Waals surface area (Å²) in [5.41, 5.74) is 7.22. The van der Waals surface area contributed by atoms with Crippen molar-refractivity contribution in [2.24, 2.45) is 5.73 Å². The summed E-state index contributed by atoms with van der Waals surface area (Å²) in [6.45, 7) is 0.866. The zero-order valence-electron chi connectivity index (χ0n) is 11.3. The molecule has 0 bridgehead atoms. The number of nitrogens with two attached hydrogens (primary N) is 1. The van der Waals surface area contributed by atoms with E-state index in [0.717, 1.165) is 11.6 Å². The Morgan fingerprint density at radius 3 is 2.50 bits per heavy atom. The number of hydrogen-bond acceptors (Lipinski definition) is 3. The third kappa shape index (κ3) is 3.37. The van der Waals surface area contributed by atoms with Crippen LogP contribution in [0.3, 0.4) is 0 Å². The average Bonchev–Trinajstić information content (AvgIpc) is 2.43. The molecule has 2 N–H and O–H groups in total. The van der Waals surface area contributed by atoms with Gasteiger partial charge in [-0.3, -0.25) is 9.88 Å². The van der Waals surface area contributed by atoms with Crippen molar-refractivity contribution < 1.29 is 8.78 Å². The lowest BCUT2D eigenvalue weighted by Crippen LogP contribution is -2.31. The molecule has 0 aliphatic carbocycles. The zero-order valence-corrected chi connectivity index (χ0v) is 11.3. The second-order valence-electron chi connectivity index (χ2n) is 4.69. The molecule has 2 rings (SSSR count). The first-order valence-corrected chi connectivity index (χ1v) is 6.36. The van der Waals surface area contributed by atoms with Crippen LogP contribution in [0, 0.1) is 11.6 Å². The monoisotopic (exact) mass is 277 g/mol. The molecule has 0 aliphatic heterocycles. The normalized spacial score (nSPS) is 12.7. The van der Waals surface area contributed by atoms with Crippen LogP contribution in [0.4, 0.5) is 8.78 Å². The van der Waals surface area contributed by atoms with Gasteiger partial charge in [0.1, 0.15) is 11.6 Å². The van der Waals surface area contributed by atoms with E-state index in [0.29, 0.717) is 12.1 Å². The highest BCUT2D eigenvalue weighted by Gasteiger charge is 2.19. The lowest BCUT2D eigenvalue weighted by atomic mass is 10.0. The number of pyridine rings is 1. The zero-order chi connectivity index (χ0) is 14.5. The molecular formula is C15H17F2N3. The standard InChI is InChI=1S/C15H17F2N3/c1-20(10-11-4-6-19-7-5-11)15(9-18)13-3-2-12(16)8-14(13)17/h2-8,15H,9-10,18H2,1H3. The van der Waals surface area contributed by atoms with Gasteiger partial charge in [0.2, 0.25) is 0 Å². The molecule has 106 valence electrons. The van der Waals surface area contributed by atoms with Gasteiger partial charge in [-0.25, -0.2) is 8.78 Å². The summed E-state index contributed by atoms with van der Waals surface area (Å²) in [7, 11) is 1.86. The Labute approximate surface area is 117 Å². The fourth-order valence-corrected chi connectivity index (χ4v) is 2.20. The predicted molar refractivity (Wildman–Crippen MR) is 73.9 cm³/mol. The molecule has 2 aromatic rings. The Kier molecular flexibility index (Phi) is 4.76. The third-order valence-electron chi connectivity index (χ3n) is 3.26. The maximum Gasteiger partial charge on any atom is 0.130 e. The van der Waals surface area contributed by atoms with Gasteiger partial charge >= 0.3 is 0 Å². The van der Waals surface area contributed by atoms with Crippen molar-refractivity contribution in [1.29, 1.82) is 0 Å². The Morgan fingerprint density at radius 2 is 1.90 bits per heavy atom. The molecular weight excluding hydrogens is 260 g/mol. The SMILES string of the molecule is CN(Cc1ccncc1)C(CN)c1ccc(F)cc1F. The summed E-state index contributed by atoms with van der Waals surface area (Å²) < 4.78 is 26.8. The van der Waals surface area contributed by atoms with E-state index in [4.69, 9.17) is 5.73 Å². The molecule has 0 radical (unpaired) electrons. The van der Waals surface area contributed by atoms with Gasteiger partial charge in [0.05, 0.1) is 0 Å². The quantitative estimate of drug-likeness (QED) is 0.913. The first-order valence-electron chi connectivity index (χ1n) is 6.36. The smallest absolute Gasteiger partial charge is 0.130 e. The topological polar surface area (TPSA) is 42.2 Å². The van der Waals surface area contributed by atoms with Crippen LogP contribution in [0.5, 0.6) is 0 Å². The summed E-state index contributed by atoms with van der Waals surface area (Å²) in [6, 6.07) is 7.07. The molecule has 1 unspecified atom stereocenters. The lowest BCUT2D eigenvalue weighted by Gasteiger charge is -2.27. The number of nitrogens with zero attached hydrogens (tertiary/aromatic N) is 2. The second-order valence-corrected chi connectivity index (χ2v) is 4.69. The van der Waals surface area contributed by atoms with Crippen molar-refractivity contribution in [3.63, 3.8) is 0 Å². The molecule has 0 aliphatic rings. The maximum atomic E-state index is 13.9. The van der Waals surface area contributed by atoms with E-state index in [1.54, 1.807) is 12.4 Å². The number of likely N-dealkylation sites (N-methyl/N-ethyl adjacent to an activating group) is 1. The highest BCUT2D eigenvalue weighted by molar-refractivity contribution is 5.23. The van der Waals surface area contributed by atoms with E-state index in [1.807, 2.05) is 24.1 Å². The molecule has 1 aromatic carbocycles. The Bertz CT molecular complexity index is 560. The lowest BCUT2D eigenvalue weighted by molar-refractivity contribution is 0.236. The first-order chi connectivity index (χ1) is 9.61. The van der Waals surface area contributed by atoms with Crippen molar-refractivity contribution in [3.8, 4) is 0 Å². The molecule has 5 heteroatoms. The highest BCUT2D eigenvalue weighted by Crippen LogP contribution is 2.23. The minimum atomic E-state index is -0.584. The van der Waals surface area contributed by atoms with Crippen LogP contribution in [-0.4, -0.2) is 23.5 Å². The van der Waals surface area contributed by atoms with Gasteiger partial charge in [-0.2, -0.15) is 0 Å². The van der Waals surface area contributed by atoms with Crippen molar-refractivity contribution in [2.45, 2.75) is 12.6 Å². The number of hydrogen-bond donors (Lipinski definition) is 1. The van der Waals surface area contributed by atoms with E-state index >= 15 is 0 Å². The summed E-state index contributed by atoms with van der Waals surface area (Å²) >= 11 is 0. The van der Waals surface area contributed by atoms with Crippen LogP contribution in [0.2, 0.25) is 0 Å². The number of benzene rings is 1. The fraction of sp³-hybridized carbons (Fsp3) is 0.267. The van der Waals surface area contributed by atoms with E-state index < -0.39 is 11.6 Å². The van der Waals surface area contributed by atoms with Gasteiger partial charge in [0, 0.05) is 43.2 Å². The molecule has 20 heavy (non-hydrogen) atoms. The summed E-state index contributed by atoms with van der Waals surface area (Å²) in [5.74, 6) is -1.15. The van der Waals surface area contributed by atoms with Gasteiger partial charge in [0.15, 0.2) is 0 Å². The molecule has 1 aromatic heterocycles. The summed E-state index contributed by atoms with van der Waals surface area (Å²) in [5, 5.41) is 0. The minimum absolute atomic E-state index is 0.254. The molecule has 0 saturated heterocycles. The third-order valence-corrected chi connectivity index (χ3v) is 3.26. The number of rotatable bonds is 5. The first kappa shape index (κ1) is 14.6. The molecule has 1 heterocycles. The minimum Gasteiger partial charge on any atom is -0.329 e. The Morgan fingerprint density at radius 1 is 1.20 bits per heavy atom. The second kappa shape index (κ2) is 6.54. The number of halogens is 2. The van der Waals surface area contributed by atoms with Crippen molar-refractivity contribution in [1.82, 2.24) is 9.88 Å². The van der Waals surface area contributed by atoms with E-state index in [-0.39, 0.29) is 12.6 Å². The molecule has 3 nitrogen and oxygen atoms in total. The van der Waals surface area contributed by atoms with Crippen molar-refractivity contribution in [3.05, 3.63) is 65.5 Å². The molecule has 0 fully saturated rings. The van der Waals surface area contributed by atoms with Gasteiger partial charge in [-0.1, -0.05) is 6.07 Å². The molecule has 0 amide bonds. The molecule has 0 spiro atoms. The molecule has 1 atom stereocenters.